The summed E-state index contributed by atoms with van der Waals surface area (Å²) in [4.78, 5) is 0. The third-order valence-electron chi connectivity index (χ3n) is 3.38. The molecule has 0 bridgehead atoms. The molecule has 1 saturated carbocycles. The van der Waals surface area contributed by atoms with E-state index in [0.29, 0.717) is 0 Å². The Balaban J connectivity index is 2.26. The van der Waals surface area contributed by atoms with E-state index in [1.54, 1.807) is 0 Å². The maximum absolute atomic E-state index is 9.62. The van der Waals surface area contributed by atoms with E-state index in [4.69, 9.17) is 5.73 Å². The first kappa shape index (κ1) is 12.0. The van der Waals surface area contributed by atoms with Gasteiger partial charge in [-0.3, -0.25) is 0 Å². The number of aliphatic hydroxyl groups is 1. The first-order valence-corrected chi connectivity index (χ1v) is 6.21. The van der Waals surface area contributed by atoms with Crippen LogP contribution in [0.2, 0.25) is 0 Å². The highest BCUT2D eigenvalue weighted by atomic mass is 16.3. The van der Waals surface area contributed by atoms with Crippen molar-refractivity contribution in [3.8, 4) is 0 Å². The highest BCUT2D eigenvalue weighted by molar-refractivity contribution is 4.65. The van der Waals surface area contributed by atoms with Crippen LogP contribution in [0.3, 0.4) is 0 Å². The Morgan fingerprint density at radius 3 is 2.00 bits per heavy atom. The van der Waals surface area contributed by atoms with E-state index in [-0.39, 0.29) is 6.10 Å². The molecule has 1 rings (SSSR count). The maximum atomic E-state index is 9.62. The van der Waals surface area contributed by atoms with Crippen LogP contribution < -0.4 is 5.73 Å². The van der Waals surface area contributed by atoms with Gasteiger partial charge < -0.3 is 10.8 Å². The zero-order valence-electron chi connectivity index (χ0n) is 9.25. The second-order valence-corrected chi connectivity index (χ2v) is 4.68. The lowest BCUT2D eigenvalue weighted by Crippen LogP contribution is -2.14. The van der Waals surface area contributed by atoms with E-state index in [9.17, 15) is 5.11 Å². The fourth-order valence-corrected chi connectivity index (χ4v) is 2.33. The minimum absolute atomic E-state index is 0.0376. The van der Waals surface area contributed by atoms with Crippen LogP contribution in [0.5, 0.6) is 0 Å². The van der Waals surface area contributed by atoms with Gasteiger partial charge in [0.25, 0.3) is 0 Å². The highest BCUT2D eigenvalue weighted by Crippen LogP contribution is 2.20. The highest BCUT2D eigenvalue weighted by Gasteiger charge is 2.10. The van der Waals surface area contributed by atoms with E-state index < -0.39 is 0 Å². The number of rotatable bonds is 1. The summed E-state index contributed by atoms with van der Waals surface area (Å²) in [6, 6.07) is 0. The molecule has 2 unspecified atom stereocenters. The molecule has 0 spiro atoms. The lowest BCUT2D eigenvalue weighted by atomic mass is 9.96. The van der Waals surface area contributed by atoms with Crippen LogP contribution >= 0.6 is 0 Å². The zero-order chi connectivity index (χ0) is 10.2. The smallest absolute Gasteiger partial charge is 0.0540 e. The van der Waals surface area contributed by atoms with E-state index >= 15 is 0 Å². The van der Waals surface area contributed by atoms with E-state index in [2.05, 4.69) is 0 Å². The van der Waals surface area contributed by atoms with Crippen LogP contribution in [0.15, 0.2) is 0 Å². The molecule has 0 aromatic heterocycles. The quantitative estimate of drug-likeness (QED) is 0.681. The van der Waals surface area contributed by atoms with Crippen molar-refractivity contribution in [2.24, 2.45) is 11.7 Å². The van der Waals surface area contributed by atoms with Crippen LogP contribution in [0.25, 0.3) is 0 Å². The fourth-order valence-electron chi connectivity index (χ4n) is 2.33. The van der Waals surface area contributed by atoms with Gasteiger partial charge in [-0.05, 0) is 38.1 Å². The van der Waals surface area contributed by atoms with Gasteiger partial charge in [0, 0.05) is 0 Å². The normalized spacial score (nSPS) is 32.1. The van der Waals surface area contributed by atoms with Crippen LogP contribution in [0.4, 0.5) is 0 Å². The van der Waals surface area contributed by atoms with Crippen LogP contribution in [-0.4, -0.2) is 17.8 Å². The van der Waals surface area contributed by atoms with Crippen LogP contribution in [-0.2, 0) is 0 Å². The van der Waals surface area contributed by atoms with Gasteiger partial charge in [0.1, 0.15) is 0 Å². The second-order valence-electron chi connectivity index (χ2n) is 4.68. The number of aliphatic hydroxyl groups excluding tert-OH is 1. The molecule has 0 heterocycles. The molecule has 0 radical (unpaired) electrons. The van der Waals surface area contributed by atoms with Crippen molar-refractivity contribution in [2.75, 3.05) is 6.54 Å². The van der Waals surface area contributed by atoms with Crippen LogP contribution in [0.1, 0.15) is 57.8 Å². The van der Waals surface area contributed by atoms with Crippen molar-refractivity contribution in [1.29, 1.82) is 0 Å². The molecule has 0 amide bonds. The van der Waals surface area contributed by atoms with Crippen molar-refractivity contribution in [1.82, 2.24) is 0 Å². The van der Waals surface area contributed by atoms with Gasteiger partial charge in [0.15, 0.2) is 0 Å². The third-order valence-corrected chi connectivity index (χ3v) is 3.38. The van der Waals surface area contributed by atoms with E-state index in [1.807, 2.05) is 0 Å². The van der Waals surface area contributed by atoms with Crippen molar-refractivity contribution < 1.29 is 5.11 Å². The predicted molar refractivity (Wildman–Crippen MR) is 60.1 cm³/mol. The van der Waals surface area contributed by atoms with Crippen molar-refractivity contribution in [3.63, 3.8) is 0 Å². The summed E-state index contributed by atoms with van der Waals surface area (Å²) in [6.07, 6.45) is 10.7. The van der Waals surface area contributed by atoms with E-state index in [1.165, 1.54) is 44.9 Å². The largest absolute Gasteiger partial charge is 0.393 e. The SMILES string of the molecule is NCC1CCCCCC(O)CCCC1. The average molecular weight is 199 g/mol. The number of hydrogen-bond acceptors (Lipinski definition) is 2. The third kappa shape index (κ3) is 4.97. The molecule has 0 aliphatic heterocycles. The molecule has 1 aliphatic carbocycles. The molecular formula is C12H25NO. The Bertz CT molecular complexity index is 138. The first-order valence-electron chi connectivity index (χ1n) is 6.21. The molecule has 1 aliphatic rings. The Kier molecular flexibility index (Phi) is 6.20. The summed E-state index contributed by atoms with van der Waals surface area (Å²) in [5.41, 5.74) is 5.73. The van der Waals surface area contributed by atoms with Gasteiger partial charge in [-0.2, -0.15) is 0 Å². The van der Waals surface area contributed by atoms with Gasteiger partial charge in [-0.1, -0.05) is 32.1 Å². The summed E-state index contributed by atoms with van der Waals surface area (Å²) in [7, 11) is 0. The lowest BCUT2D eigenvalue weighted by molar-refractivity contribution is 0.148. The molecule has 2 atom stereocenters. The molecule has 14 heavy (non-hydrogen) atoms. The molecular weight excluding hydrogens is 174 g/mol. The molecule has 0 aromatic carbocycles. The molecule has 2 nitrogen and oxygen atoms in total. The van der Waals surface area contributed by atoms with Crippen LogP contribution in [0, 0.1) is 5.92 Å². The molecule has 0 aromatic rings. The zero-order valence-corrected chi connectivity index (χ0v) is 9.25. The number of hydrogen-bond donors (Lipinski definition) is 2. The minimum Gasteiger partial charge on any atom is -0.393 e. The van der Waals surface area contributed by atoms with Gasteiger partial charge in [-0.25, -0.2) is 0 Å². The molecule has 1 fully saturated rings. The summed E-state index contributed by atoms with van der Waals surface area (Å²) >= 11 is 0. The Morgan fingerprint density at radius 1 is 0.857 bits per heavy atom. The molecule has 3 N–H and O–H groups in total. The lowest BCUT2D eigenvalue weighted by Gasteiger charge is -2.13. The summed E-state index contributed by atoms with van der Waals surface area (Å²) in [5, 5.41) is 9.62. The Labute approximate surface area is 87.9 Å². The molecule has 0 saturated heterocycles. The Morgan fingerprint density at radius 2 is 1.36 bits per heavy atom. The van der Waals surface area contributed by atoms with Gasteiger partial charge in [-0.15, -0.1) is 0 Å². The van der Waals surface area contributed by atoms with Crippen molar-refractivity contribution in [2.45, 2.75) is 63.9 Å². The Hall–Kier alpha value is -0.0800. The minimum atomic E-state index is -0.0376. The average Bonchev–Trinajstić information content (AvgIpc) is 2.23. The standard InChI is InChI=1S/C12H25NO/c13-10-11-6-2-1-3-8-12(14)9-5-4-7-11/h11-12,14H,1-10,13H2. The predicted octanol–water partition coefficient (Wildman–Crippen LogP) is 2.45. The van der Waals surface area contributed by atoms with Gasteiger partial charge in [0.05, 0.1) is 6.10 Å². The number of nitrogens with two attached hydrogens (primary N) is 1. The fraction of sp³-hybridized carbons (Fsp3) is 1.00. The summed E-state index contributed by atoms with van der Waals surface area (Å²) < 4.78 is 0. The van der Waals surface area contributed by atoms with Gasteiger partial charge in [0.2, 0.25) is 0 Å². The summed E-state index contributed by atoms with van der Waals surface area (Å²) in [6.45, 7) is 0.850. The van der Waals surface area contributed by atoms with Crippen molar-refractivity contribution in [3.05, 3.63) is 0 Å². The van der Waals surface area contributed by atoms with Gasteiger partial charge >= 0.3 is 0 Å². The van der Waals surface area contributed by atoms with E-state index in [0.717, 1.165) is 25.3 Å². The maximum Gasteiger partial charge on any atom is 0.0540 e. The molecule has 84 valence electrons. The molecule has 2 heteroatoms. The van der Waals surface area contributed by atoms with Crippen molar-refractivity contribution >= 4 is 0 Å². The monoisotopic (exact) mass is 199 g/mol. The summed E-state index contributed by atoms with van der Waals surface area (Å²) in [5.74, 6) is 0.741. The topological polar surface area (TPSA) is 46.2 Å². The first-order chi connectivity index (χ1) is 6.83. The second kappa shape index (κ2) is 7.24.